The van der Waals surface area contributed by atoms with Gasteiger partial charge in [-0.25, -0.2) is 4.79 Å². The summed E-state index contributed by atoms with van der Waals surface area (Å²) in [6.07, 6.45) is 1.59. The molecule has 21 heavy (non-hydrogen) atoms. The minimum Gasteiger partial charge on any atom is -0.389 e. The van der Waals surface area contributed by atoms with E-state index in [2.05, 4.69) is 22.1 Å². The van der Waals surface area contributed by atoms with E-state index in [9.17, 15) is 9.59 Å². The molecule has 1 amide bonds. The van der Waals surface area contributed by atoms with Gasteiger partial charge in [0.1, 0.15) is 5.65 Å². The highest BCUT2D eigenvalue weighted by Crippen LogP contribution is 2.24. The number of hydrogen-bond donors (Lipinski definition) is 2. The van der Waals surface area contributed by atoms with Gasteiger partial charge in [0.15, 0.2) is 0 Å². The maximum atomic E-state index is 12.2. The SMILES string of the molecule is Cc1cc(=O)[nH]c2[nH]nc(OC(=O)N3CCC(C)CC3)c12. The smallest absolute Gasteiger partial charge is 0.389 e. The van der Waals surface area contributed by atoms with Crippen molar-refractivity contribution in [2.75, 3.05) is 13.1 Å². The van der Waals surface area contributed by atoms with Gasteiger partial charge in [0, 0.05) is 19.2 Å². The number of nitrogens with one attached hydrogen (secondary N) is 2. The fourth-order valence-corrected chi connectivity index (χ4v) is 2.62. The van der Waals surface area contributed by atoms with Crippen molar-refractivity contribution in [2.45, 2.75) is 26.7 Å². The number of piperidine rings is 1. The summed E-state index contributed by atoms with van der Waals surface area (Å²) in [7, 11) is 0. The number of aromatic amines is 2. The van der Waals surface area contributed by atoms with Crippen molar-refractivity contribution < 1.29 is 9.53 Å². The number of aromatic nitrogens is 3. The van der Waals surface area contributed by atoms with E-state index < -0.39 is 0 Å². The molecule has 0 unspecified atom stereocenters. The van der Waals surface area contributed by atoms with Gasteiger partial charge < -0.3 is 14.6 Å². The first-order valence-electron chi connectivity index (χ1n) is 7.09. The summed E-state index contributed by atoms with van der Waals surface area (Å²) >= 11 is 0. The highest BCUT2D eigenvalue weighted by atomic mass is 16.6. The lowest BCUT2D eigenvalue weighted by atomic mass is 10.00. The molecule has 1 fully saturated rings. The molecular formula is C14H18N4O3. The summed E-state index contributed by atoms with van der Waals surface area (Å²) in [6, 6.07) is 1.46. The van der Waals surface area contributed by atoms with Gasteiger partial charge in [-0.3, -0.25) is 9.89 Å². The fraction of sp³-hybridized carbons (Fsp3) is 0.500. The normalized spacial score (nSPS) is 16.4. The maximum Gasteiger partial charge on any atom is 0.416 e. The number of pyridine rings is 1. The standard InChI is InChI=1S/C14H18N4O3/c1-8-3-5-18(6-4-8)14(20)21-13-11-9(2)7-10(19)15-12(11)16-17-13/h7-8H,3-6H2,1-2H3,(H2,15,16,17,19). The molecule has 112 valence electrons. The van der Waals surface area contributed by atoms with Crippen LogP contribution in [0, 0.1) is 12.8 Å². The number of amides is 1. The minimum absolute atomic E-state index is 0.211. The Morgan fingerprint density at radius 1 is 1.43 bits per heavy atom. The topological polar surface area (TPSA) is 91.1 Å². The third-order valence-electron chi connectivity index (χ3n) is 3.95. The zero-order valence-corrected chi connectivity index (χ0v) is 12.1. The van der Waals surface area contributed by atoms with E-state index in [0.29, 0.717) is 30.0 Å². The van der Waals surface area contributed by atoms with Crippen molar-refractivity contribution in [3.8, 4) is 5.88 Å². The third kappa shape index (κ3) is 2.63. The first-order chi connectivity index (χ1) is 10.0. The summed E-state index contributed by atoms with van der Waals surface area (Å²) < 4.78 is 5.39. The molecule has 2 aromatic heterocycles. The highest BCUT2D eigenvalue weighted by Gasteiger charge is 2.23. The van der Waals surface area contributed by atoms with Crippen LogP contribution in [-0.2, 0) is 0 Å². The van der Waals surface area contributed by atoms with Crippen molar-refractivity contribution in [3.05, 3.63) is 22.0 Å². The quantitative estimate of drug-likeness (QED) is 0.837. The van der Waals surface area contributed by atoms with Gasteiger partial charge in [0.25, 0.3) is 5.88 Å². The second-order valence-electron chi connectivity index (χ2n) is 5.63. The average molecular weight is 290 g/mol. The molecule has 0 radical (unpaired) electrons. The molecule has 3 heterocycles. The molecule has 1 saturated heterocycles. The van der Waals surface area contributed by atoms with Gasteiger partial charge >= 0.3 is 6.09 Å². The third-order valence-corrected chi connectivity index (χ3v) is 3.95. The number of aryl methyl sites for hydroxylation is 1. The highest BCUT2D eigenvalue weighted by molar-refractivity contribution is 5.86. The lowest BCUT2D eigenvalue weighted by molar-refractivity contribution is 0.132. The van der Waals surface area contributed by atoms with Crippen molar-refractivity contribution in [2.24, 2.45) is 5.92 Å². The zero-order valence-electron chi connectivity index (χ0n) is 12.1. The molecule has 7 heteroatoms. The first kappa shape index (κ1) is 13.7. The lowest BCUT2D eigenvalue weighted by Gasteiger charge is -2.29. The van der Waals surface area contributed by atoms with Crippen molar-refractivity contribution in [3.63, 3.8) is 0 Å². The molecule has 1 aliphatic rings. The molecule has 3 rings (SSSR count). The number of ether oxygens (including phenoxy) is 1. The summed E-state index contributed by atoms with van der Waals surface area (Å²) in [6.45, 7) is 5.38. The van der Waals surface area contributed by atoms with E-state index in [1.165, 1.54) is 6.07 Å². The van der Waals surface area contributed by atoms with Crippen molar-refractivity contribution in [1.29, 1.82) is 0 Å². The number of likely N-dealkylation sites (tertiary alicyclic amines) is 1. The molecule has 1 aliphatic heterocycles. The summed E-state index contributed by atoms with van der Waals surface area (Å²) in [4.78, 5) is 27.9. The number of H-pyrrole nitrogens is 2. The van der Waals surface area contributed by atoms with Gasteiger partial charge in [0.2, 0.25) is 5.56 Å². The molecule has 2 N–H and O–H groups in total. The number of nitrogens with zero attached hydrogens (tertiary/aromatic N) is 2. The van der Waals surface area contributed by atoms with Gasteiger partial charge in [-0.15, -0.1) is 5.10 Å². The molecule has 0 atom stereocenters. The van der Waals surface area contributed by atoms with Gasteiger partial charge in [-0.05, 0) is 31.2 Å². The van der Waals surface area contributed by atoms with Crippen LogP contribution in [0.5, 0.6) is 5.88 Å². The second kappa shape index (κ2) is 5.23. The Bertz CT molecular complexity index is 725. The van der Waals surface area contributed by atoms with Gasteiger partial charge in [-0.2, -0.15) is 0 Å². The van der Waals surface area contributed by atoms with Crippen LogP contribution in [0.4, 0.5) is 4.79 Å². The van der Waals surface area contributed by atoms with Crippen LogP contribution in [0.3, 0.4) is 0 Å². The van der Waals surface area contributed by atoms with Crippen LogP contribution in [0.2, 0.25) is 0 Å². The van der Waals surface area contributed by atoms with E-state index in [1.54, 1.807) is 11.8 Å². The van der Waals surface area contributed by atoms with Crippen LogP contribution in [0.15, 0.2) is 10.9 Å². The summed E-state index contributed by atoms with van der Waals surface area (Å²) in [5.74, 6) is 0.856. The molecular weight excluding hydrogens is 272 g/mol. The van der Waals surface area contributed by atoms with Crippen LogP contribution >= 0.6 is 0 Å². The predicted octanol–water partition coefficient (Wildman–Crippen LogP) is 1.79. The minimum atomic E-state index is -0.388. The van der Waals surface area contributed by atoms with Crippen LogP contribution < -0.4 is 10.3 Å². The molecule has 0 aliphatic carbocycles. The predicted molar refractivity (Wildman–Crippen MR) is 77.4 cm³/mol. The Morgan fingerprint density at radius 2 is 2.14 bits per heavy atom. The number of carbonyl (C=O) groups excluding carboxylic acids is 1. The number of fused-ring (bicyclic) bond motifs is 1. The Kier molecular flexibility index (Phi) is 3.40. The monoisotopic (exact) mass is 290 g/mol. The van der Waals surface area contributed by atoms with E-state index in [0.717, 1.165) is 18.4 Å². The van der Waals surface area contributed by atoms with Crippen LogP contribution in [-0.4, -0.2) is 39.3 Å². The van der Waals surface area contributed by atoms with Crippen LogP contribution in [0.1, 0.15) is 25.3 Å². The summed E-state index contributed by atoms with van der Waals surface area (Å²) in [5, 5.41) is 7.30. The van der Waals surface area contributed by atoms with E-state index in [4.69, 9.17) is 4.74 Å². The Balaban J connectivity index is 1.82. The number of rotatable bonds is 1. The average Bonchev–Trinajstić information content (AvgIpc) is 2.82. The molecule has 0 saturated carbocycles. The van der Waals surface area contributed by atoms with Crippen molar-refractivity contribution >= 4 is 17.1 Å². The van der Waals surface area contributed by atoms with Gasteiger partial charge in [0.05, 0.1) is 5.39 Å². The fourth-order valence-electron chi connectivity index (χ4n) is 2.62. The molecule has 7 nitrogen and oxygen atoms in total. The number of hydrogen-bond acceptors (Lipinski definition) is 4. The molecule has 0 aromatic carbocycles. The lowest BCUT2D eigenvalue weighted by Crippen LogP contribution is -2.39. The molecule has 0 spiro atoms. The van der Waals surface area contributed by atoms with Crippen molar-refractivity contribution in [1.82, 2.24) is 20.1 Å². The van der Waals surface area contributed by atoms with E-state index in [1.807, 2.05) is 0 Å². The van der Waals surface area contributed by atoms with E-state index >= 15 is 0 Å². The summed E-state index contributed by atoms with van der Waals surface area (Å²) in [5.41, 5.74) is 0.971. The maximum absolute atomic E-state index is 12.2. The van der Waals surface area contributed by atoms with E-state index in [-0.39, 0.29) is 17.5 Å². The van der Waals surface area contributed by atoms with Gasteiger partial charge in [-0.1, -0.05) is 6.92 Å². The Labute approximate surface area is 121 Å². The largest absolute Gasteiger partial charge is 0.416 e. The second-order valence-corrected chi connectivity index (χ2v) is 5.63. The Hall–Kier alpha value is -2.31. The first-order valence-corrected chi connectivity index (χ1v) is 7.09. The molecule has 2 aromatic rings. The van der Waals surface area contributed by atoms with Crippen LogP contribution in [0.25, 0.3) is 11.0 Å². The molecule has 0 bridgehead atoms. The number of carbonyl (C=O) groups is 1. The zero-order chi connectivity index (χ0) is 15.0. The Morgan fingerprint density at radius 3 is 2.86 bits per heavy atom.